The fourth-order valence-corrected chi connectivity index (χ4v) is 11.4. The molecule has 0 spiro atoms. The van der Waals surface area contributed by atoms with Crippen LogP contribution < -0.4 is 15.6 Å². The zero-order valence-corrected chi connectivity index (χ0v) is 45.7. The van der Waals surface area contributed by atoms with Crippen molar-refractivity contribution in [3.8, 4) is 22.4 Å². The van der Waals surface area contributed by atoms with E-state index >= 15 is 22.0 Å². The Morgan fingerprint density at radius 1 is 1.00 bits per heavy atom. The first kappa shape index (κ1) is 57.7. The first-order valence-electron chi connectivity index (χ1n) is 26.7. The van der Waals surface area contributed by atoms with Crippen molar-refractivity contribution in [3.05, 3.63) is 83.7 Å². The average Bonchev–Trinajstić information content (AvgIpc) is 4.14. The molecule has 4 aliphatic rings. The van der Waals surface area contributed by atoms with E-state index in [1.807, 2.05) is 27.0 Å². The van der Waals surface area contributed by atoms with Crippen LogP contribution in [-0.4, -0.2) is 157 Å². The molecule has 0 unspecified atom stereocenters. The van der Waals surface area contributed by atoms with Crippen molar-refractivity contribution in [1.29, 1.82) is 0 Å². The summed E-state index contributed by atoms with van der Waals surface area (Å²) in [6, 6.07) is 7.31. The van der Waals surface area contributed by atoms with Gasteiger partial charge in [0.25, 0.3) is 12.3 Å². The summed E-state index contributed by atoms with van der Waals surface area (Å²) in [5.41, 5.74) is 5.02. The summed E-state index contributed by atoms with van der Waals surface area (Å²) in [7, 11) is 5.01. The van der Waals surface area contributed by atoms with E-state index in [2.05, 4.69) is 27.1 Å². The van der Waals surface area contributed by atoms with Crippen molar-refractivity contribution in [2.75, 3.05) is 78.5 Å². The van der Waals surface area contributed by atoms with Crippen LogP contribution in [0.5, 0.6) is 0 Å². The minimum atomic E-state index is -4.71. The van der Waals surface area contributed by atoms with Crippen LogP contribution in [0.15, 0.2) is 61.3 Å². The lowest BCUT2D eigenvalue weighted by atomic mass is 9.84. The van der Waals surface area contributed by atoms with Crippen molar-refractivity contribution in [2.24, 2.45) is 17.3 Å². The highest BCUT2D eigenvalue weighted by Crippen LogP contribution is 2.44. The van der Waals surface area contributed by atoms with Gasteiger partial charge in [0.1, 0.15) is 24.7 Å². The normalized spacial score (nSPS) is 21.4. The number of piperazine rings is 1. The first-order valence-corrected chi connectivity index (χ1v) is 26.7. The lowest BCUT2D eigenvalue weighted by Gasteiger charge is -2.37. The average molecular weight is 1090 g/mol. The number of cyclic esters (lactones) is 1. The van der Waals surface area contributed by atoms with E-state index in [9.17, 15) is 24.0 Å². The third kappa shape index (κ3) is 12.7. The molecule has 2 aromatic carbocycles. The third-order valence-electron chi connectivity index (χ3n) is 15.6. The highest BCUT2D eigenvalue weighted by molar-refractivity contribution is 5.97. The summed E-state index contributed by atoms with van der Waals surface area (Å²) in [6.45, 7) is 14.3. The molecule has 2 aromatic heterocycles. The maximum atomic E-state index is 15.2. The fraction of sp³-hybridized carbons (Fsp3) is 0.544. The maximum absolute atomic E-state index is 15.2. The number of nitrogens with one attached hydrogen (secondary N) is 2. The molecule has 0 aliphatic carbocycles. The van der Waals surface area contributed by atoms with Crippen LogP contribution in [0, 0.1) is 17.3 Å². The topological polar surface area (TPSA) is 162 Å². The van der Waals surface area contributed by atoms with Gasteiger partial charge in [-0.2, -0.15) is 13.2 Å². The second-order valence-corrected chi connectivity index (χ2v) is 22.5. The molecule has 4 amide bonds. The van der Waals surface area contributed by atoms with Crippen LogP contribution in [0.4, 0.5) is 27.6 Å². The number of ether oxygens (including phenoxy) is 2. The molecule has 0 radical (unpaired) electrons. The molecular weight excluding hydrogens is 1020 g/mol. The van der Waals surface area contributed by atoms with Crippen molar-refractivity contribution >= 4 is 46.2 Å². The van der Waals surface area contributed by atoms with Gasteiger partial charge in [-0.05, 0) is 98.2 Å². The van der Waals surface area contributed by atoms with Gasteiger partial charge in [0.2, 0.25) is 17.7 Å². The summed E-state index contributed by atoms with van der Waals surface area (Å²) in [4.78, 5) is 82.1. The molecule has 3 fully saturated rings. The molecule has 5 atom stereocenters. The molecule has 78 heavy (non-hydrogen) atoms. The Balaban J connectivity index is 1.28. The van der Waals surface area contributed by atoms with E-state index < -0.39 is 84.0 Å². The summed E-state index contributed by atoms with van der Waals surface area (Å²) in [5, 5.41) is 4.49. The number of hydrogen-bond acceptors (Lipinski definition) is 11. The number of pyridine rings is 1. The van der Waals surface area contributed by atoms with Gasteiger partial charge in [-0.25, -0.2) is 14.2 Å². The number of nitrogens with zero attached hydrogens (tertiary/aromatic N) is 7. The number of alkyl halides is 5. The van der Waals surface area contributed by atoms with E-state index in [1.165, 1.54) is 51.7 Å². The van der Waals surface area contributed by atoms with Gasteiger partial charge in [-0.3, -0.25) is 34.0 Å². The number of hydrazine groups is 1. The van der Waals surface area contributed by atoms with Crippen LogP contribution >= 0.6 is 0 Å². The fourth-order valence-electron chi connectivity index (χ4n) is 11.4. The number of esters is 1. The van der Waals surface area contributed by atoms with Crippen LogP contribution in [0.3, 0.4) is 0 Å². The number of amides is 4. The van der Waals surface area contributed by atoms with Gasteiger partial charge >= 0.3 is 12.1 Å². The Morgan fingerprint density at radius 3 is 2.40 bits per heavy atom. The molecule has 8 rings (SSSR count). The van der Waals surface area contributed by atoms with Crippen LogP contribution in [0.1, 0.15) is 88.8 Å². The van der Waals surface area contributed by atoms with Gasteiger partial charge < -0.3 is 39.0 Å². The summed E-state index contributed by atoms with van der Waals surface area (Å²) in [6.07, 6.45) is -4.73. The Bertz CT molecular complexity index is 2920. The van der Waals surface area contributed by atoms with E-state index in [4.69, 9.17) is 14.5 Å². The lowest BCUT2D eigenvalue weighted by molar-refractivity contribution is -0.155. The minimum absolute atomic E-state index is 0.0820. The van der Waals surface area contributed by atoms with Crippen molar-refractivity contribution < 1.29 is 55.4 Å². The monoisotopic (exact) mass is 1090 g/mol. The lowest BCUT2D eigenvalue weighted by Crippen LogP contribution is -2.62. The molecule has 2 N–H and O–H groups in total. The number of benzene rings is 2. The number of halogens is 5. The SMILES string of the molecule is C=CC(=O)N1CC[C@H](C(=O)N(C)[C@H](C(=O)N[C@H]2Cc3cc(cc(C(F)F)c3)-c3ccc4c(c3)c(c(-c3cc(N5CCN(C)CC5)cnc3[C@H](C)OC)n4CC(F)(F)F)CC(C)(C)COC(=O)[C@@H]3CCCN(N3)C2=O)C(C)C)C1. The smallest absolute Gasteiger partial charge is 0.406 e. The zero-order valence-electron chi connectivity index (χ0n) is 45.7. The van der Waals surface area contributed by atoms with Crippen LogP contribution in [0.25, 0.3) is 33.3 Å². The predicted octanol–water partition coefficient (Wildman–Crippen LogP) is 7.50. The molecule has 4 aliphatic heterocycles. The third-order valence-corrected chi connectivity index (χ3v) is 15.6. The zero-order chi connectivity index (χ0) is 56.5. The molecule has 4 aromatic rings. The highest BCUT2D eigenvalue weighted by Gasteiger charge is 2.41. The number of fused-ring (bicyclic) bond motifs is 6. The molecule has 0 saturated carbocycles. The number of carbonyl (C=O) groups is 5. The van der Waals surface area contributed by atoms with Crippen molar-refractivity contribution in [1.82, 2.24) is 40.0 Å². The molecule has 6 heterocycles. The molecule has 6 bridgehead atoms. The summed E-state index contributed by atoms with van der Waals surface area (Å²) in [5.74, 6) is -3.82. The van der Waals surface area contributed by atoms with Gasteiger partial charge in [0.15, 0.2) is 0 Å². The highest BCUT2D eigenvalue weighted by atomic mass is 19.4. The Morgan fingerprint density at radius 2 is 1.73 bits per heavy atom. The number of aromatic nitrogens is 2. The van der Waals surface area contributed by atoms with Crippen molar-refractivity contribution in [3.63, 3.8) is 0 Å². The molecular formula is C57H72F5N9O7. The summed E-state index contributed by atoms with van der Waals surface area (Å²) >= 11 is 0. The molecule has 16 nitrogen and oxygen atoms in total. The Kier molecular flexibility index (Phi) is 17.4. The van der Waals surface area contributed by atoms with Crippen LogP contribution in [0.2, 0.25) is 0 Å². The van der Waals surface area contributed by atoms with Gasteiger partial charge in [-0.1, -0.05) is 52.5 Å². The number of carbonyl (C=O) groups excluding carboxylic acids is 5. The van der Waals surface area contributed by atoms with Gasteiger partial charge in [-0.15, -0.1) is 0 Å². The number of methoxy groups -OCH3 is 1. The first-order chi connectivity index (χ1) is 36.9. The maximum Gasteiger partial charge on any atom is 0.406 e. The largest absolute Gasteiger partial charge is 0.464 e. The number of rotatable bonds is 12. The Labute approximate surface area is 452 Å². The number of likely N-dealkylation sites (tertiary alicyclic amines) is 1. The second-order valence-electron chi connectivity index (χ2n) is 22.5. The quantitative estimate of drug-likeness (QED) is 0.0822. The van der Waals surface area contributed by atoms with E-state index in [-0.39, 0.29) is 73.1 Å². The minimum Gasteiger partial charge on any atom is -0.464 e. The van der Waals surface area contributed by atoms with E-state index in [1.54, 1.807) is 51.2 Å². The standard InChI is InChI=1S/C57H72F5N9O7/c1-10-47(72)69-17-15-37(30-69)53(74)67(8)49(33(2)3)52(73)64-45-24-35-22-38(25-39(23-35)51(58)59)36-13-14-46-41(26-36)43(28-56(5,6)32-78-55(76)44-12-11-16-71(65-44)54(45)75)50(70(46)31-57(60,61)62)42-27-40(29-63-48(42)34(4)77-9)68-20-18-66(7)19-21-68/h10,13-14,22-23,25-27,29,33-34,37,44-45,49,51,65H,1,11-12,15-21,24,28,30-32H2,2-9H3,(H,64,73)/t34-,37-,44-,45-,49-/m0/s1. The van der Waals surface area contributed by atoms with Gasteiger partial charge in [0, 0.05) is 93.8 Å². The molecule has 21 heteroatoms. The number of likely N-dealkylation sites (N-methyl/N-ethyl adjacent to an activating group) is 2. The van der Waals surface area contributed by atoms with Crippen molar-refractivity contribution in [2.45, 2.75) is 110 Å². The predicted molar refractivity (Wildman–Crippen MR) is 285 cm³/mol. The molecule has 3 saturated heterocycles. The Hall–Kier alpha value is -6.45. The van der Waals surface area contributed by atoms with E-state index in [0.29, 0.717) is 65.9 Å². The number of hydrogen-bond donors (Lipinski definition) is 2. The van der Waals surface area contributed by atoms with Crippen LogP contribution in [-0.2, 0) is 52.8 Å². The number of anilines is 1. The molecule has 422 valence electrons. The van der Waals surface area contributed by atoms with E-state index in [0.717, 1.165) is 13.1 Å². The van der Waals surface area contributed by atoms with Gasteiger partial charge in [0.05, 0.1) is 41.9 Å². The summed E-state index contributed by atoms with van der Waals surface area (Å²) < 4.78 is 88.8. The second kappa shape index (κ2) is 23.5.